The molecule has 0 bridgehead atoms. The minimum Gasteiger partial charge on any atom is -0.493 e. The fourth-order valence-corrected chi connectivity index (χ4v) is 3.39. The second-order valence-electron chi connectivity index (χ2n) is 6.18. The largest absolute Gasteiger partial charge is 0.493 e. The molecule has 1 aliphatic heterocycles. The Morgan fingerprint density at radius 2 is 2.12 bits per heavy atom. The van der Waals surface area contributed by atoms with E-state index in [1.54, 1.807) is 18.2 Å². The zero-order valence-electron chi connectivity index (χ0n) is 13.9. The Morgan fingerprint density at radius 1 is 1.27 bits per heavy atom. The van der Waals surface area contributed by atoms with Crippen LogP contribution >= 0.6 is 11.6 Å². The topological polar surface area (TPSA) is 73.5 Å². The van der Waals surface area contributed by atoms with Crippen molar-refractivity contribution >= 4 is 28.6 Å². The molecule has 7 heteroatoms. The van der Waals surface area contributed by atoms with Crippen LogP contribution in [0.1, 0.15) is 24.4 Å². The highest BCUT2D eigenvalue weighted by Crippen LogP contribution is 2.31. The highest BCUT2D eigenvalue weighted by Gasteiger charge is 2.22. The van der Waals surface area contributed by atoms with E-state index in [0.29, 0.717) is 22.7 Å². The number of carbonyl (C=O) groups is 1. The summed E-state index contributed by atoms with van der Waals surface area (Å²) in [5.41, 5.74) is 2.03. The first-order valence-electron chi connectivity index (χ1n) is 8.42. The molecule has 1 N–H and O–H groups in total. The van der Waals surface area contributed by atoms with E-state index in [4.69, 9.17) is 20.8 Å². The van der Waals surface area contributed by atoms with Crippen LogP contribution in [0, 0.1) is 0 Å². The number of aryl methyl sites for hydroxylation is 1. The summed E-state index contributed by atoms with van der Waals surface area (Å²) in [5.74, 6) is 0.186. The maximum absolute atomic E-state index is 12.4. The standard InChI is InChI=1S/C19H17ClN2O4/c20-12-5-6-15-17(11-12)26-19(24)22(15)9-7-18(23)21-14-8-10-25-16-4-2-1-3-13(14)16/h1-6,11,14H,7-10H2,(H,21,23)/t14-/m0/s1. The molecule has 0 fully saturated rings. The third-order valence-electron chi connectivity index (χ3n) is 4.49. The fourth-order valence-electron chi connectivity index (χ4n) is 3.22. The predicted octanol–water partition coefficient (Wildman–Crippen LogP) is 3.28. The van der Waals surface area contributed by atoms with E-state index < -0.39 is 5.76 Å². The molecule has 0 aliphatic carbocycles. The molecular formula is C19H17ClN2O4. The van der Waals surface area contributed by atoms with E-state index in [2.05, 4.69) is 5.32 Å². The van der Waals surface area contributed by atoms with Crippen molar-refractivity contribution in [3.05, 3.63) is 63.6 Å². The van der Waals surface area contributed by atoms with Gasteiger partial charge >= 0.3 is 5.76 Å². The van der Waals surface area contributed by atoms with Crippen molar-refractivity contribution in [3.63, 3.8) is 0 Å². The van der Waals surface area contributed by atoms with Crippen molar-refractivity contribution in [3.8, 4) is 5.75 Å². The number of halogens is 1. The molecule has 4 rings (SSSR count). The van der Waals surface area contributed by atoms with Crippen LogP contribution in [0.4, 0.5) is 0 Å². The number of nitrogens with one attached hydrogen (secondary N) is 1. The molecule has 3 aromatic rings. The van der Waals surface area contributed by atoms with Crippen molar-refractivity contribution < 1.29 is 13.9 Å². The molecule has 1 aromatic heterocycles. The van der Waals surface area contributed by atoms with Gasteiger partial charge in [-0.1, -0.05) is 29.8 Å². The summed E-state index contributed by atoms with van der Waals surface area (Å²) in [6, 6.07) is 12.6. The average molecular weight is 373 g/mol. The molecule has 2 aromatic carbocycles. The molecule has 0 saturated carbocycles. The molecule has 6 nitrogen and oxygen atoms in total. The lowest BCUT2D eigenvalue weighted by molar-refractivity contribution is -0.122. The lowest BCUT2D eigenvalue weighted by atomic mass is 10.0. The first kappa shape index (κ1) is 16.7. The van der Waals surface area contributed by atoms with Gasteiger partial charge in [-0.3, -0.25) is 9.36 Å². The van der Waals surface area contributed by atoms with Gasteiger partial charge in [0.25, 0.3) is 0 Å². The number of hydrogen-bond donors (Lipinski definition) is 1. The summed E-state index contributed by atoms with van der Waals surface area (Å²) in [7, 11) is 0. The Hall–Kier alpha value is -2.73. The minimum atomic E-state index is -0.494. The van der Waals surface area contributed by atoms with Crippen LogP contribution in [0.15, 0.2) is 51.7 Å². The molecule has 0 radical (unpaired) electrons. The van der Waals surface area contributed by atoms with Crippen LogP contribution < -0.4 is 15.8 Å². The molecule has 26 heavy (non-hydrogen) atoms. The molecule has 1 amide bonds. The Labute approximate surface area is 154 Å². The lowest BCUT2D eigenvalue weighted by Crippen LogP contribution is -2.33. The first-order valence-corrected chi connectivity index (χ1v) is 8.79. The van der Waals surface area contributed by atoms with Gasteiger partial charge in [-0.05, 0) is 18.2 Å². The number of benzene rings is 2. The van der Waals surface area contributed by atoms with E-state index in [-0.39, 0.29) is 24.9 Å². The van der Waals surface area contributed by atoms with E-state index >= 15 is 0 Å². The van der Waals surface area contributed by atoms with Crippen LogP contribution in [0.2, 0.25) is 5.02 Å². The summed E-state index contributed by atoms with van der Waals surface area (Å²) in [6.07, 6.45) is 0.895. The SMILES string of the molecule is O=C(CCn1c(=O)oc2cc(Cl)ccc21)N[C@H]1CCOc2ccccc21. The summed E-state index contributed by atoms with van der Waals surface area (Å²) in [5, 5.41) is 3.52. The van der Waals surface area contributed by atoms with Gasteiger partial charge in [0.2, 0.25) is 5.91 Å². The number of rotatable bonds is 4. The normalized spacial score (nSPS) is 16.1. The highest BCUT2D eigenvalue weighted by molar-refractivity contribution is 6.31. The Morgan fingerprint density at radius 3 is 3.00 bits per heavy atom. The molecule has 0 spiro atoms. The lowest BCUT2D eigenvalue weighted by Gasteiger charge is -2.26. The van der Waals surface area contributed by atoms with E-state index in [1.807, 2.05) is 24.3 Å². The van der Waals surface area contributed by atoms with Gasteiger partial charge in [0.15, 0.2) is 5.58 Å². The number of fused-ring (bicyclic) bond motifs is 2. The maximum Gasteiger partial charge on any atom is 0.419 e. The first-order chi connectivity index (χ1) is 12.6. The van der Waals surface area contributed by atoms with Gasteiger partial charge in [0.1, 0.15) is 5.75 Å². The average Bonchev–Trinajstić information content (AvgIpc) is 2.94. The predicted molar refractivity (Wildman–Crippen MR) is 97.5 cm³/mol. The van der Waals surface area contributed by atoms with Gasteiger partial charge in [-0.25, -0.2) is 4.79 Å². The van der Waals surface area contributed by atoms with Crippen LogP contribution in [0.3, 0.4) is 0 Å². The van der Waals surface area contributed by atoms with Gasteiger partial charge in [-0.2, -0.15) is 0 Å². The van der Waals surface area contributed by atoms with Crippen molar-refractivity contribution in [2.75, 3.05) is 6.61 Å². The number of para-hydroxylation sites is 1. The van der Waals surface area contributed by atoms with E-state index in [1.165, 1.54) is 4.57 Å². The second kappa shape index (κ2) is 6.88. The molecule has 2 heterocycles. The Kier molecular flexibility index (Phi) is 4.42. The highest BCUT2D eigenvalue weighted by atomic mass is 35.5. The number of ether oxygens (including phenoxy) is 1. The smallest absolute Gasteiger partial charge is 0.419 e. The maximum atomic E-state index is 12.4. The minimum absolute atomic E-state index is 0.0796. The molecule has 0 unspecified atom stereocenters. The van der Waals surface area contributed by atoms with Gasteiger partial charge in [-0.15, -0.1) is 0 Å². The fraction of sp³-hybridized carbons (Fsp3) is 0.263. The summed E-state index contributed by atoms with van der Waals surface area (Å²) in [6.45, 7) is 0.804. The third kappa shape index (κ3) is 3.20. The molecule has 0 saturated heterocycles. The third-order valence-corrected chi connectivity index (χ3v) is 4.72. The van der Waals surface area contributed by atoms with Crippen LogP contribution in [-0.2, 0) is 11.3 Å². The van der Waals surface area contributed by atoms with Crippen LogP contribution in [-0.4, -0.2) is 17.1 Å². The summed E-state index contributed by atoms with van der Waals surface area (Å²) < 4.78 is 12.2. The zero-order valence-corrected chi connectivity index (χ0v) is 14.7. The number of aromatic nitrogens is 1. The van der Waals surface area contributed by atoms with Crippen LogP contribution in [0.5, 0.6) is 5.75 Å². The number of oxazole rings is 1. The van der Waals surface area contributed by atoms with Crippen molar-refractivity contribution in [2.45, 2.75) is 25.4 Å². The number of nitrogens with zero attached hydrogens (tertiary/aromatic N) is 1. The van der Waals surface area contributed by atoms with Crippen molar-refractivity contribution in [1.82, 2.24) is 9.88 Å². The number of amides is 1. The zero-order chi connectivity index (χ0) is 18.1. The summed E-state index contributed by atoms with van der Waals surface area (Å²) >= 11 is 5.91. The Balaban J connectivity index is 1.46. The van der Waals surface area contributed by atoms with E-state index in [0.717, 1.165) is 17.7 Å². The molecule has 134 valence electrons. The van der Waals surface area contributed by atoms with Crippen molar-refractivity contribution in [2.24, 2.45) is 0 Å². The van der Waals surface area contributed by atoms with Gasteiger partial charge < -0.3 is 14.5 Å². The molecule has 1 atom stereocenters. The monoisotopic (exact) mass is 372 g/mol. The summed E-state index contributed by atoms with van der Waals surface area (Å²) in [4.78, 5) is 24.4. The molecular weight excluding hydrogens is 356 g/mol. The van der Waals surface area contributed by atoms with Crippen LogP contribution in [0.25, 0.3) is 11.1 Å². The van der Waals surface area contributed by atoms with E-state index in [9.17, 15) is 9.59 Å². The number of carbonyl (C=O) groups excluding carboxylic acids is 1. The number of hydrogen-bond acceptors (Lipinski definition) is 4. The second-order valence-corrected chi connectivity index (χ2v) is 6.61. The van der Waals surface area contributed by atoms with Gasteiger partial charge in [0.05, 0.1) is 18.2 Å². The Bertz CT molecular complexity index is 1020. The van der Waals surface area contributed by atoms with Crippen molar-refractivity contribution in [1.29, 1.82) is 0 Å². The molecule has 1 aliphatic rings. The van der Waals surface area contributed by atoms with Gasteiger partial charge in [0, 0.05) is 36.0 Å². The quantitative estimate of drug-likeness (QED) is 0.762.